The van der Waals surface area contributed by atoms with Gasteiger partial charge in [-0.2, -0.15) is 0 Å². The molecule has 8 heteroatoms. The van der Waals surface area contributed by atoms with Crippen molar-refractivity contribution >= 4 is 23.4 Å². The molecule has 0 aromatic heterocycles. The van der Waals surface area contributed by atoms with E-state index in [4.69, 9.17) is 4.74 Å². The Morgan fingerprint density at radius 2 is 1.73 bits per heavy atom. The van der Waals surface area contributed by atoms with E-state index < -0.39 is 29.4 Å². The number of ether oxygens (including phenoxy) is 1. The first-order valence-corrected chi connectivity index (χ1v) is 15.1. The molecular formula is C33H42FNO6. The van der Waals surface area contributed by atoms with E-state index in [-0.39, 0.29) is 41.7 Å². The van der Waals surface area contributed by atoms with Crippen molar-refractivity contribution in [1.82, 2.24) is 5.32 Å². The molecule has 6 atom stereocenters. The standard InChI is InChI=1S/C33H42FNO6/c1-31-15-11-24(36)19-22(31)5-8-25-26(31)12-16-32(2)27(25)13-17-33(32,40)28(37)20-41-30(39)10-9-29(38)35-18-14-21-3-6-23(34)7-4-21/h3-4,6-7,19,25-27,40H,5,8-18,20H2,1-2H3,(H,35,38)/t25-,26-,27-,31+,32+,33+/m1/s1. The zero-order chi connectivity index (χ0) is 29.4. The highest BCUT2D eigenvalue weighted by Gasteiger charge is 2.66. The van der Waals surface area contributed by atoms with Gasteiger partial charge in [0.1, 0.15) is 11.4 Å². The molecule has 0 aliphatic heterocycles. The van der Waals surface area contributed by atoms with E-state index in [1.165, 1.54) is 17.7 Å². The SMILES string of the molecule is C[C@]12CCC(=O)C=C1CC[C@@H]1[C@H]2CC[C@@]2(C)[C@@H]1CC[C@]2(O)C(=O)COC(=O)CCC(=O)NCCc1ccc(F)cc1. The zero-order valence-electron chi connectivity index (χ0n) is 24.2. The molecule has 0 saturated heterocycles. The first-order valence-electron chi connectivity index (χ1n) is 15.1. The topological polar surface area (TPSA) is 110 Å². The van der Waals surface area contributed by atoms with Crippen LogP contribution in [0, 0.1) is 34.4 Å². The van der Waals surface area contributed by atoms with E-state index >= 15 is 0 Å². The first-order chi connectivity index (χ1) is 19.5. The molecule has 1 aromatic carbocycles. The Bertz CT molecular complexity index is 1240. The molecule has 0 heterocycles. The summed E-state index contributed by atoms with van der Waals surface area (Å²) >= 11 is 0. The number of allylic oxidation sites excluding steroid dienone is 1. The Kier molecular flexibility index (Phi) is 8.25. The van der Waals surface area contributed by atoms with Crippen LogP contribution in [0.15, 0.2) is 35.9 Å². The van der Waals surface area contributed by atoms with Crippen LogP contribution in [0.5, 0.6) is 0 Å². The Morgan fingerprint density at radius 3 is 2.49 bits per heavy atom. The van der Waals surface area contributed by atoms with Crippen LogP contribution in [-0.2, 0) is 30.3 Å². The highest BCUT2D eigenvalue weighted by molar-refractivity contribution is 5.92. The lowest BCUT2D eigenvalue weighted by Gasteiger charge is -2.58. The molecule has 1 amide bonds. The van der Waals surface area contributed by atoms with Crippen molar-refractivity contribution in [3.8, 4) is 0 Å². The van der Waals surface area contributed by atoms with Gasteiger partial charge in [0, 0.05) is 24.8 Å². The quantitative estimate of drug-likeness (QED) is 0.421. The molecule has 41 heavy (non-hydrogen) atoms. The number of esters is 1. The first kappa shape index (κ1) is 29.6. The van der Waals surface area contributed by atoms with Gasteiger partial charge >= 0.3 is 5.97 Å². The van der Waals surface area contributed by atoms with Crippen molar-refractivity contribution < 1.29 is 33.4 Å². The molecule has 0 radical (unpaired) electrons. The van der Waals surface area contributed by atoms with Gasteiger partial charge < -0.3 is 15.2 Å². The maximum atomic E-state index is 13.4. The van der Waals surface area contributed by atoms with Crippen LogP contribution in [0.3, 0.4) is 0 Å². The number of fused-ring (bicyclic) bond motifs is 5. The summed E-state index contributed by atoms with van der Waals surface area (Å²) < 4.78 is 18.2. The largest absolute Gasteiger partial charge is 0.458 e. The molecule has 222 valence electrons. The number of carbonyl (C=O) groups excluding carboxylic acids is 4. The molecule has 4 aliphatic carbocycles. The number of Topliss-reactive ketones (excluding diaryl/α,β-unsaturated/α-hetero) is 1. The van der Waals surface area contributed by atoms with Crippen LogP contribution < -0.4 is 5.32 Å². The normalized spacial score (nSPS) is 34.1. The number of benzene rings is 1. The molecule has 0 bridgehead atoms. The molecule has 7 nitrogen and oxygen atoms in total. The average molecular weight is 568 g/mol. The number of nitrogens with one attached hydrogen (secondary N) is 1. The van der Waals surface area contributed by atoms with E-state index in [9.17, 15) is 28.7 Å². The van der Waals surface area contributed by atoms with E-state index in [1.54, 1.807) is 12.1 Å². The molecule has 3 fully saturated rings. The number of halogens is 1. The fourth-order valence-electron chi connectivity index (χ4n) is 8.67. The Balaban J connectivity index is 1.11. The number of aliphatic hydroxyl groups is 1. The summed E-state index contributed by atoms with van der Waals surface area (Å²) in [6, 6.07) is 6.05. The lowest BCUT2D eigenvalue weighted by molar-refractivity contribution is -0.170. The van der Waals surface area contributed by atoms with Gasteiger partial charge in [-0.05, 0) is 98.3 Å². The third kappa shape index (κ3) is 5.52. The van der Waals surface area contributed by atoms with Gasteiger partial charge in [-0.1, -0.05) is 31.6 Å². The Hall–Kier alpha value is -2.87. The minimum absolute atomic E-state index is 0.0195. The summed E-state index contributed by atoms with van der Waals surface area (Å²) in [5, 5.41) is 14.5. The highest BCUT2D eigenvalue weighted by Crippen LogP contribution is 2.67. The van der Waals surface area contributed by atoms with Crippen molar-refractivity contribution in [2.75, 3.05) is 13.2 Å². The lowest BCUT2D eigenvalue weighted by Crippen LogP contribution is -2.58. The zero-order valence-corrected chi connectivity index (χ0v) is 24.2. The van der Waals surface area contributed by atoms with Crippen molar-refractivity contribution in [2.24, 2.45) is 28.6 Å². The van der Waals surface area contributed by atoms with E-state index in [0.29, 0.717) is 37.6 Å². The predicted molar refractivity (Wildman–Crippen MR) is 150 cm³/mol. The maximum absolute atomic E-state index is 13.4. The molecule has 0 spiro atoms. The fraction of sp³-hybridized carbons (Fsp3) is 0.636. The van der Waals surface area contributed by atoms with E-state index in [2.05, 4.69) is 12.2 Å². The second kappa shape index (κ2) is 11.4. The van der Waals surface area contributed by atoms with Gasteiger partial charge in [0.25, 0.3) is 0 Å². The van der Waals surface area contributed by atoms with Gasteiger partial charge in [-0.3, -0.25) is 19.2 Å². The number of hydrogen-bond acceptors (Lipinski definition) is 6. The Labute approximate surface area is 241 Å². The van der Waals surface area contributed by atoms with Crippen molar-refractivity contribution in [2.45, 2.75) is 90.1 Å². The van der Waals surface area contributed by atoms with Crippen LogP contribution >= 0.6 is 0 Å². The monoisotopic (exact) mass is 567 g/mol. The summed E-state index contributed by atoms with van der Waals surface area (Å²) in [7, 11) is 0. The predicted octanol–water partition coefficient (Wildman–Crippen LogP) is 4.64. The lowest BCUT2D eigenvalue weighted by atomic mass is 9.46. The van der Waals surface area contributed by atoms with Crippen LogP contribution in [0.25, 0.3) is 0 Å². The molecule has 2 N–H and O–H groups in total. The Morgan fingerprint density at radius 1 is 1.00 bits per heavy atom. The molecule has 0 unspecified atom stereocenters. The fourth-order valence-corrected chi connectivity index (χ4v) is 8.67. The molecule has 1 aromatic rings. The van der Waals surface area contributed by atoms with Crippen LogP contribution in [0.4, 0.5) is 4.39 Å². The summed E-state index contributed by atoms with van der Waals surface area (Å²) in [5.74, 6) is -0.437. The van der Waals surface area contributed by atoms with Gasteiger partial charge in [0.05, 0.1) is 6.42 Å². The summed E-state index contributed by atoms with van der Waals surface area (Å²) in [6.45, 7) is 4.21. The third-order valence-electron chi connectivity index (χ3n) is 11.1. The molecular weight excluding hydrogens is 525 g/mol. The number of amides is 1. The summed E-state index contributed by atoms with van der Waals surface area (Å²) in [6.07, 6.45) is 8.32. The van der Waals surface area contributed by atoms with Crippen molar-refractivity contribution in [1.29, 1.82) is 0 Å². The summed E-state index contributed by atoms with van der Waals surface area (Å²) in [4.78, 5) is 49.9. The van der Waals surface area contributed by atoms with Gasteiger partial charge in [-0.15, -0.1) is 0 Å². The minimum Gasteiger partial charge on any atom is -0.458 e. The molecule has 5 rings (SSSR count). The number of ketones is 2. The smallest absolute Gasteiger partial charge is 0.306 e. The maximum Gasteiger partial charge on any atom is 0.306 e. The molecule has 4 aliphatic rings. The number of rotatable bonds is 9. The highest BCUT2D eigenvalue weighted by atomic mass is 19.1. The van der Waals surface area contributed by atoms with Crippen LogP contribution in [0.2, 0.25) is 0 Å². The summed E-state index contributed by atoms with van der Waals surface area (Å²) in [5.41, 5.74) is 0.0794. The number of hydrogen-bond donors (Lipinski definition) is 2. The second-order valence-corrected chi connectivity index (χ2v) is 13.1. The van der Waals surface area contributed by atoms with Crippen molar-refractivity contribution in [3.63, 3.8) is 0 Å². The molecule has 3 saturated carbocycles. The minimum atomic E-state index is -1.54. The van der Waals surface area contributed by atoms with Crippen LogP contribution in [0.1, 0.15) is 83.6 Å². The van der Waals surface area contributed by atoms with E-state index in [0.717, 1.165) is 44.1 Å². The number of carbonyl (C=O) groups is 4. The van der Waals surface area contributed by atoms with Gasteiger partial charge in [0.15, 0.2) is 12.4 Å². The second-order valence-electron chi connectivity index (χ2n) is 13.1. The van der Waals surface area contributed by atoms with Gasteiger partial charge in [-0.25, -0.2) is 4.39 Å². The third-order valence-corrected chi connectivity index (χ3v) is 11.1. The van der Waals surface area contributed by atoms with Crippen molar-refractivity contribution in [3.05, 3.63) is 47.3 Å². The van der Waals surface area contributed by atoms with E-state index in [1.807, 2.05) is 13.0 Å². The average Bonchev–Trinajstić information content (AvgIpc) is 3.23. The van der Waals surface area contributed by atoms with Gasteiger partial charge in [0.2, 0.25) is 11.7 Å². The van der Waals surface area contributed by atoms with Crippen LogP contribution in [-0.4, -0.2) is 47.3 Å².